The summed E-state index contributed by atoms with van der Waals surface area (Å²) in [6.07, 6.45) is 0.149. The van der Waals surface area contributed by atoms with Crippen LogP contribution in [0.15, 0.2) is 0 Å². The lowest BCUT2D eigenvalue weighted by Crippen LogP contribution is -2.59. The van der Waals surface area contributed by atoms with E-state index in [4.69, 9.17) is 0 Å². The molecule has 4 heteroatoms. The van der Waals surface area contributed by atoms with Crippen molar-refractivity contribution >= 4 is 0 Å². The van der Waals surface area contributed by atoms with Crippen LogP contribution in [0.5, 0.6) is 0 Å². The highest BCUT2D eigenvalue weighted by atomic mass is 19.3. The molecule has 0 saturated heterocycles. The maximum atomic E-state index is 14.4. The summed E-state index contributed by atoms with van der Waals surface area (Å²) in [5, 5.41) is 0. The van der Waals surface area contributed by atoms with Gasteiger partial charge in [0.2, 0.25) is 0 Å². The summed E-state index contributed by atoms with van der Waals surface area (Å²) in [7, 11) is 0. The average Bonchev–Trinajstić information content (AvgIpc) is 2.35. The zero-order valence-corrected chi connectivity index (χ0v) is 12.3. The highest BCUT2D eigenvalue weighted by Gasteiger charge is 2.70. The van der Waals surface area contributed by atoms with Crippen LogP contribution >= 0.6 is 0 Å². The van der Waals surface area contributed by atoms with E-state index in [1.807, 2.05) is 0 Å². The van der Waals surface area contributed by atoms with Crippen molar-refractivity contribution in [3.05, 3.63) is 0 Å². The lowest BCUT2D eigenvalue weighted by atomic mass is 9.66. The van der Waals surface area contributed by atoms with Crippen molar-refractivity contribution in [2.45, 2.75) is 79.1 Å². The lowest BCUT2D eigenvalue weighted by molar-refractivity contribution is -0.311. The highest BCUT2D eigenvalue weighted by Crippen LogP contribution is 2.59. The molecule has 110 valence electrons. The molecule has 18 heavy (non-hydrogen) atoms. The third-order valence-electron chi connectivity index (χ3n) is 5.03. The molecule has 0 N–H and O–H groups in total. The van der Waals surface area contributed by atoms with Crippen molar-refractivity contribution in [1.29, 1.82) is 0 Å². The van der Waals surface area contributed by atoms with Gasteiger partial charge >= 0.3 is 11.8 Å². The smallest absolute Gasteiger partial charge is 0.199 e. The normalized spacial score (nSPS) is 15.0. The summed E-state index contributed by atoms with van der Waals surface area (Å²) in [5.41, 5.74) is -3.33. The van der Waals surface area contributed by atoms with Crippen LogP contribution in [0.4, 0.5) is 17.6 Å². The molecule has 0 amide bonds. The molecule has 0 aliphatic rings. The van der Waals surface area contributed by atoms with Gasteiger partial charge in [-0.05, 0) is 25.7 Å². The third-order valence-corrected chi connectivity index (χ3v) is 5.03. The molecule has 0 fully saturated rings. The molecule has 0 aromatic carbocycles. The first-order valence-electron chi connectivity index (χ1n) is 6.75. The van der Waals surface area contributed by atoms with E-state index in [2.05, 4.69) is 0 Å². The molecular weight excluding hydrogens is 244 g/mol. The first kappa shape index (κ1) is 17.7. The summed E-state index contributed by atoms with van der Waals surface area (Å²) in [6.45, 7) is 8.69. The van der Waals surface area contributed by atoms with Crippen LogP contribution in [0.2, 0.25) is 0 Å². The Morgan fingerprint density at radius 3 is 0.833 bits per heavy atom. The van der Waals surface area contributed by atoms with Crippen LogP contribution in [0.25, 0.3) is 0 Å². The van der Waals surface area contributed by atoms with Gasteiger partial charge in [0.25, 0.3) is 0 Å². The van der Waals surface area contributed by atoms with Crippen molar-refractivity contribution in [2.24, 2.45) is 10.8 Å². The quantitative estimate of drug-likeness (QED) is 0.504. The topological polar surface area (TPSA) is 0 Å². The monoisotopic (exact) mass is 270 g/mol. The fraction of sp³-hybridized carbons (Fsp3) is 1.00. The van der Waals surface area contributed by atoms with Crippen LogP contribution in [0, 0.1) is 10.8 Å². The second-order valence-electron chi connectivity index (χ2n) is 5.68. The van der Waals surface area contributed by atoms with Crippen molar-refractivity contribution in [1.82, 2.24) is 0 Å². The second-order valence-corrected chi connectivity index (χ2v) is 5.68. The van der Waals surface area contributed by atoms with Gasteiger partial charge in [0.05, 0.1) is 0 Å². The summed E-state index contributed by atoms with van der Waals surface area (Å²) in [4.78, 5) is 0. The van der Waals surface area contributed by atoms with Gasteiger partial charge in [0.15, 0.2) is 0 Å². The van der Waals surface area contributed by atoms with Gasteiger partial charge in [-0.3, -0.25) is 0 Å². The zero-order chi connectivity index (χ0) is 14.8. The highest BCUT2D eigenvalue weighted by molar-refractivity contribution is 5.04. The molecule has 0 aromatic rings. The molecule has 0 bridgehead atoms. The number of alkyl halides is 4. The van der Waals surface area contributed by atoms with E-state index < -0.39 is 22.7 Å². The minimum Gasteiger partial charge on any atom is -0.199 e. The number of hydrogen-bond acceptors (Lipinski definition) is 0. The summed E-state index contributed by atoms with van der Waals surface area (Å²) in [5.74, 6) is -7.99. The summed E-state index contributed by atoms with van der Waals surface area (Å²) >= 11 is 0. The first-order valence-corrected chi connectivity index (χ1v) is 6.75. The van der Waals surface area contributed by atoms with Gasteiger partial charge in [-0.1, -0.05) is 41.5 Å². The van der Waals surface area contributed by atoms with Gasteiger partial charge in [-0.15, -0.1) is 0 Å². The van der Waals surface area contributed by atoms with Crippen LogP contribution in [-0.2, 0) is 0 Å². The first-order chi connectivity index (χ1) is 7.99. The van der Waals surface area contributed by atoms with E-state index in [1.54, 1.807) is 27.7 Å². The molecule has 0 atom stereocenters. The SMILES string of the molecule is CCC(C)(CC)C(F)(F)C(F)(F)C(C)(CC)CC. The van der Waals surface area contributed by atoms with Crippen molar-refractivity contribution in [3.63, 3.8) is 0 Å². The van der Waals surface area contributed by atoms with Crippen LogP contribution in [0.1, 0.15) is 67.2 Å². The maximum Gasteiger partial charge on any atom is 0.315 e. The predicted molar refractivity (Wildman–Crippen MR) is 67.3 cm³/mol. The Hall–Kier alpha value is -0.280. The van der Waals surface area contributed by atoms with Crippen molar-refractivity contribution in [3.8, 4) is 0 Å². The number of hydrogen-bond donors (Lipinski definition) is 0. The van der Waals surface area contributed by atoms with E-state index in [0.29, 0.717) is 0 Å². The largest absolute Gasteiger partial charge is 0.315 e. The summed E-state index contributed by atoms with van der Waals surface area (Å²) in [6, 6.07) is 0. The van der Waals surface area contributed by atoms with E-state index >= 15 is 0 Å². The van der Waals surface area contributed by atoms with Crippen molar-refractivity contribution < 1.29 is 17.6 Å². The molecule has 0 unspecified atom stereocenters. The Labute approximate surface area is 108 Å². The fourth-order valence-corrected chi connectivity index (χ4v) is 2.15. The molecule has 0 aliphatic heterocycles. The van der Waals surface area contributed by atoms with Crippen LogP contribution in [0.3, 0.4) is 0 Å². The Morgan fingerprint density at radius 2 is 0.722 bits per heavy atom. The molecule has 0 radical (unpaired) electrons. The standard InChI is InChI=1S/C14H26F4/c1-7-11(5,8-2)13(15,16)14(17,18)12(6,9-3)10-4/h7-10H2,1-6H3. The number of halogens is 4. The fourth-order valence-electron chi connectivity index (χ4n) is 2.15. The summed E-state index contributed by atoms with van der Waals surface area (Å²) < 4.78 is 57.5. The molecule has 0 saturated carbocycles. The molecule has 0 spiro atoms. The Kier molecular flexibility index (Phi) is 5.29. The molecule has 0 aliphatic carbocycles. The third kappa shape index (κ3) is 2.27. The van der Waals surface area contributed by atoms with E-state index in [9.17, 15) is 17.6 Å². The van der Waals surface area contributed by atoms with Gasteiger partial charge in [0.1, 0.15) is 0 Å². The molecule has 0 nitrogen and oxygen atoms in total. The molecular formula is C14H26F4. The molecule has 0 aromatic heterocycles. The molecule has 0 rings (SSSR count). The van der Waals surface area contributed by atoms with Crippen LogP contribution < -0.4 is 0 Å². The second kappa shape index (κ2) is 5.38. The Bertz CT molecular complexity index is 235. The maximum absolute atomic E-state index is 14.4. The van der Waals surface area contributed by atoms with Gasteiger partial charge in [-0.2, -0.15) is 17.6 Å². The minimum atomic E-state index is -4.00. The van der Waals surface area contributed by atoms with Crippen molar-refractivity contribution in [2.75, 3.05) is 0 Å². The predicted octanol–water partition coefficient (Wildman–Crippen LogP) is 5.91. The average molecular weight is 270 g/mol. The zero-order valence-electron chi connectivity index (χ0n) is 12.3. The van der Waals surface area contributed by atoms with Crippen LogP contribution in [-0.4, -0.2) is 11.8 Å². The molecule has 0 heterocycles. The van der Waals surface area contributed by atoms with Gasteiger partial charge in [0, 0.05) is 10.8 Å². The minimum absolute atomic E-state index is 0.0373. The van der Waals surface area contributed by atoms with E-state index in [-0.39, 0.29) is 25.7 Å². The number of rotatable bonds is 7. The lowest BCUT2D eigenvalue weighted by Gasteiger charge is -2.47. The van der Waals surface area contributed by atoms with Gasteiger partial charge in [-0.25, -0.2) is 0 Å². The van der Waals surface area contributed by atoms with E-state index in [0.717, 1.165) is 0 Å². The Morgan fingerprint density at radius 1 is 0.556 bits per heavy atom. The van der Waals surface area contributed by atoms with Gasteiger partial charge < -0.3 is 0 Å². The Balaban J connectivity index is 5.71. The van der Waals surface area contributed by atoms with E-state index in [1.165, 1.54) is 13.8 Å².